The molecule has 1 aliphatic heterocycles. The monoisotopic (exact) mass is 94.1 g/mol. The van der Waals surface area contributed by atoms with Gasteiger partial charge in [0.1, 0.15) is 0 Å². The maximum absolute atomic E-state index is 7.27. The topological polar surface area (TPSA) is 9.23 Å². The van der Waals surface area contributed by atoms with Crippen LogP contribution in [0.1, 0.15) is 25.2 Å². The van der Waals surface area contributed by atoms with Crippen LogP contribution in [0.5, 0.6) is 0 Å². The Labute approximate surface area is 43.9 Å². The number of hydrogen-bond acceptors (Lipinski definition) is 1. The highest BCUT2D eigenvalue weighted by Crippen LogP contribution is 2.09. The second-order valence-corrected chi connectivity index (χ2v) is 1.20. The van der Waals surface area contributed by atoms with E-state index in [1.807, 2.05) is 0 Å². The summed E-state index contributed by atoms with van der Waals surface area (Å²) in [5, 5.41) is 0. The van der Waals surface area contributed by atoms with Crippen molar-refractivity contribution in [1.29, 1.82) is 0 Å². The lowest BCUT2D eigenvalue weighted by atomic mass is 10.3. The van der Waals surface area contributed by atoms with Crippen molar-refractivity contribution >= 4 is 0 Å². The van der Waals surface area contributed by atoms with Crippen molar-refractivity contribution in [1.82, 2.24) is 0 Å². The molecule has 0 radical (unpaired) electrons. The van der Waals surface area contributed by atoms with Crippen LogP contribution in [-0.2, 0) is 4.74 Å². The summed E-state index contributed by atoms with van der Waals surface area (Å²) in [6, 6.07) is 0. The molecule has 0 saturated carbocycles. The van der Waals surface area contributed by atoms with Crippen molar-refractivity contribution in [3.8, 4) is 0 Å². The lowest BCUT2D eigenvalue weighted by molar-refractivity contribution is 0.125. The number of rotatable bonds is 0. The van der Waals surface area contributed by atoms with Crippen molar-refractivity contribution in [2.75, 3.05) is 6.58 Å². The first-order chi connectivity index (χ1) is 4.66. The van der Waals surface area contributed by atoms with Gasteiger partial charge in [0.15, 0.2) is 0 Å². The van der Waals surface area contributed by atoms with Gasteiger partial charge in [0.2, 0.25) is 0 Å². The number of hydrogen-bond donors (Lipinski definition) is 0. The molecule has 0 aromatic carbocycles. The average molecular weight is 94.2 g/mol. The minimum Gasteiger partial charge on any atom is -0.379 e. The Morgan fingerprint density at radius 3 is 3.50 bits per heavy atom. The van der Waals surface area contributed by atoms with Gasteiger partial charge >= 0.3 is 0 Å². The van der Waals surface area contributed by atoms with E-state index < -0.39 is 25.5 Å². The predicted molar refractivity (Wildman–Crippen MR) is 24.6 cm³/mol. The molecule has 1 heterocycles. The molecular weight excluding hydrogens is 76.1 g/mol. The molecule has 0 amide bonds. The lowest BCUT2D eigenvalue weighted by Gasteiger charge is -1.94. The second-order valence-electron chi connectivity index (χ2n) is 1.20. The highest BCUT2D eigenvalue weighted by Gasteiger charge is 2.07. The molecule has 0 bridgehead atoms. The molecule has 6 heavy (non-hydrogen) atoms. The minimum atomic E-state index is -0.919. The Kier molecular flexibility index (Phi) is 0.396. The third-order valence-electron chi connectivity index (χ3n) is 0.658. The van der Waals surface area contributed by atoms with Crippen LogP contribution in [0.3, 0.4) is 0 Å². The quantitative estimate of drug-likeness (QED) is 0.438. The molecule has 0 aliphatic carbocycles. The fourth-order valence-corrected chi connectivity index (χ4v) is 0.361. The first-order valence-electron chi connectivity index (χ1n) is 4.32. The molecule has 0 spiro atoms. The van der Waals surface area contributed by atoms with E-state index in [0.717, 1.165) is 0 Å². The van der Waals surface area contributed by atoms with Crippen LogP contribution in [0.25, 0.3) is 0 Å². The van der Waals surface area contributed by atoms with Crippen molar-refractivity contribution < 1.29 is 10.2 Å². The molecule has 1 rings (SSSR count). The minimum absolute atomic E-state index is 0.0150. The highest BCUT2D eigenvalue weighted by atomic mass is 16.5. The molecule has 0 aromatic rings. The molecule has 1 saturated heterocycles. The molecule has 1 nitrogen and oxygen atoms in total. The molecule has 0 N–H and O–H groups in total. The van der Waals surface area contributed by atoms with Crippen LogP contribution in [-0.4, -0.2) is 12.7 Å². The zero-order chi connectivity index (χ0) is 7.72. The van der Waals surface area contributed by atoms with Crippen LogP contribution >= 0.6 is 0 Å². The van der Waals surface area contributed by atoms with E-state index in [1.54, 1.807) is 0 Å². The molecule has 1 aliphatic rings. The van der Waals surface area contributed by atoms with Gasteiger partial charge in [-0.15, -0.1) is 0 Å². The van der Waals surface area contributed by atoms with Crippen LogP contribution in [0.2, 0.25) is 0 Å². The van der Waals surface area contributed by atoms with Crippen LogP contribution in [0.4, 0.5) is 0 Å². The van der Waals surface area contributed by atoms with E-state index in [1.165, 1.54) is 0 Å². The Morgan fingerprint density at radius 1 is 2.17 bits per heavy atom. The second kappa shape index (κ2) is 1.61. The summed E-state index contributed by atoms with van der Waals surface area (Å²) in [5.41, 5.74) is 0. The average Bonchev–Trinajstić information content (AvgIpc) is 2.17. The lowest BCUT2D eigenvalue weighted by Crippen LogP contribution is -1.94. The molecule has 4 atom stereocenters. The van der Waals surface area contributed by atoms with E-state index in [2.05, 4.69) is 0 Å². The predicted octanol–water partition coefficient (Wildman–Crippen LogP) is 1.19. The maximum Gasteiger partial charge on any atom is 0.0567 e. The summed E-state index contributed by atoms with van der Waals surface area (Å²) in [6.07, 6.45) is -2.03. The zero-order valence-electron chi connectivity index (χ0n) is 7.42. The van der Waals surface area contributed by atoms with Crippen molar-refractivity contribution in [3.05, 3.63) is 0 Å². The Balaban J connectivity index is 2.53. The zero-order valence-corrected chi connectivity index (χ0v) is 3.42. The largest absolute Gasteiger partial charge is 0.379 e. The summed E-state index contributed by atoms with van der Waals surface area (Å²) < 4.78 is 33.3. The fourth-order valence-electron chi connectivity index (χ4n) is 0.361. The van der Waals surface area contributed by atoms with Crippen LogP contribution in [0.15, 0.2) is 0 Å². The first-order valence-corrected chi connectivity index (χ1v) is 1.88. The van der Waals surface area contributed by atoms with Gasteiger partial charge in [0.05, 0.1) is 7.47 Å². The van der Waals surface area contributed by atoms with E-state index in [-0.39, 0.29) is 6.90 Å². The molecule has 1 heteroatoms. The van der Waals surface area contributed by atoms with E-state index in [4.69, 9.17) is 10.2 Å². The molecule has 4 unspecified atom stereocenters. The van der Waals surface area contributed by atoms with Crippen molar-refractivity contribution in [2.24, 2.45) is 0 Å². The fraction of sp³-hybridized carbons (Fsp3) is 1.00. The van der Waals surface area contributed by atoms with Gasteiger partial charge in [-0.25, -0.2) is 0 Å². The number of ether oxygens (including phenoxy) is 1. The SMILES string of the molecule is [3H]CC1OC([3H])C([3H])C1[3H]. The van der Waals surface area contributed by atoms with Gasteiger partial charge < -0.3 is 4.74 Å². The van der Waals surface area contributed by atoms with Crippen LogP contribution < -0.4 is 0 Å². The Morgan fingerprint density at radius 2 is 3.17 bits per heavy atom. The Hall–Kier alpha value is -0.0400. The summed E-state index contributed by atoms with van der Waals surface area (Å²) in [7, 11) is 0. The summed E-state index contributed by atoms with van der Waals surface area (Å²) in [5.74, 6) is 0. The third-order valence-corrected chi connectivity index (χ3v) is 0.658. The summed E-state index contributed by atoms with van der Waals surface area (Å²) in [4.78, 5) is 0. The van der Waals surface area contributed by atoms with Gasteiger partial charge in [-0.2, -0.15) is 0 Å². The molecule has 0 aromatic heterocycles. The Bertz CT molecular complexity index is 120. The van der Waals surface area contributed by atoms with E-state index >= 15 is 0 Å². The van der Waals surface area contributed by atoms with E-state index in [0.29, 0.717) is 0 Å². The maximum atomic E-state index is 7.27. The van der Waals surface area contributed by atoms with Crippen LogP contribution in [0, 0.1) is 0 Å². The van der Waals surface area contributed by atoms with E-state index in [9.17, 15) is 0 Å². The normalized spacial score (nSPS) is 80.7. The molecular formula is C5H10O. The first kappa shape index (κ1) is 1.48. The van der Waals surface area contributed by atoms with Gasteiger partial charge in [-0.05, 0) is 19.7 Å². The molecule has 36 valence electrons. The van der Waals surface area contributed by atoms with Crippen molar-refractivity contribution in [2.45, 2.75) is 25.8 Å². The van der Waals surface area contributed by atoms with Crippen molar-refractivity contribution in [3.63, 3.8) is 0 Å². The van der Waals surface area contributed by atoms with Gasteiger partial charge in [-0.3, -0.25) is 0 Å². The highest BCUT2D eigenvalue weighted by molar-refractivity contribution is 4.56. The summed E-state index contributed by atoms with van der Waals surface area (Å²) >= 11 is 0. The van der Waals surface area contributed by atoms with Gasteiger partial charge in [-0.1, -0.05) is 0 Å². The van der Waals surface area contributed by atoms with Gasteiger partial charge in [0.25, 0.3) is 0 Å². The standard InChI is InChI=1S/C5H10O/c1-5-3-2-4-6-5/h5H,2-4H2,1H3/i1T,2T,3T,4T. The van der Waals surface area contributed by atoms with Gasteiger partial charge in [0, 0.05) is 10.7 Å². The smallest absolute Gasteiger partial charge is 0.0567 e. The third kappa shape index (κ3) is 0.716. The molecule has 1 fully saturated rings. The summed E-state index contributed by atoms with van der Waals surface area (Å²) in [6.45, 7) is -0.934.